The average Bonchev–Trinajstić information content (AvgIpc) is 3.16. The highest BCUT2D eigenvalue weighted by molar-refractivity contribution is 5.76. The molecule has 0 spiro atoms. The number of nitrogens with zero attached hydrogens (tertiary/aromatic N) is 2. The van der Waals surface area contributed by atoms with Gasteiger partial charge >= 0.3 is 0 Å². The summed E-state index contributed by atoms with van der Waals surface area (Å²) < 4.78 is 20.6. The molecule has 1 N–H and O–H groups in total. The second kappa shape index (κ2) is 7.13. The molecule has 1 amide bonds. The van der Waals surface area contributed by atoms with E-state index in [4.69, 9.17) is 4.74 Å². The Labute approximate surface area is 140 Å². The summed E-state index contributed by atoms with van der Waals surface area (Å²) in [4.78, 5) is 12.5. The van der Waals surface area contributed by atoms with Gasteiger partial charge in [-0.05, 0) is 50.5 Å². The first-order valence-corrected chi connectivity index (χ1v) is 8.20. The van der Waals surface area contributed by atoms with Crippen molar-refractivity contribution in [2.75, 3.05) is 6.61 Å². The van der Waals surface area contributed by atoms with Crippen molar-refractivity contribution in [2.45, 2.75) is 45.4 Å². The number of amides is 1. The molecule has 1 aliphatic heterocycles. The number of nitrogens with one attached hydrogen (secondary N) is 1. The summed E-state index contributed by atoms with van der Waals surface area (Å²) in [7, 11) is 0. The predicted octanol–water partition coefficient (Wildman–Crippen LogP) is 2.68. The first-order chi connectivity index (χ1) is 11.5. The second-order valence-electron chi connectivity index (χ2n) is 6.23. The summed E-state index contributed by atoms with van der Waals surface area (Å²) in [6.45, 7) is 4.67. The molecule has 1 aromatic heterocycles. The summed E-state index contributed by atoms with van der Waals surface area (Å²) in [5.74, 6) is -0.426. The first-order valence-electron chi connectivity index (χ1n) is 8.20. The van der Waals surface area contributed by atoms with Crippen molar-refractivity contribution in [1.82, 2.24) is 15.1 Å². The van der Waals surface area contributed by atoms with Gasteiger partial charge in [-0.3, -0.25) is 9.48 Å². The molecule has 6 heteroatoms. The van der Waals surface area contributed by atoms with Gasteiger partial charge in [0.05, 0.1) is 17.8 Å². The summed E-state index contributed by atoms with van der Waals surface area (Å²) in [6.07, 6.45) is 1.76. The highest BCUT2D eigenvalue weighted by atomic mass is 19.1. The summed E-state index contributed by atoms with van der Waals surface area (Å²) in [6, 6.07) is 7.87. The number of benzene rings is 1. The van der Waals surface area contributed by atoms with Crippen LogP contribution in [0.1, 0.15) is 35.8 Å². The van der Waals surface area contributed by atoms with Gasteiger partial charge in [0.1, 0.15) is 12.4 Å². The Balaban J connectivity index is 1.74. The van der Waals surface area contributed by atoms with Crippen molar-refractivity contribution in [1.29, 1.82) is 0 Å². The third-order valence-corrected chi connectivity index (χ3v) is 4.28. The van der Waals surface area contributed by atoms with Gasteiger partial charge in [-0.25, -0.2) is 4.39 Å². The Kier molecular flexibility index (Phi) is 4.94. The zero-order valence-electron chi connectivity index (χ0n) is 14.0. The Bertz CT molecular complexity index is 706. The van der Waals surface area contributed by atoms with Crippen LogP contribution in [-0.2, 0) is 16.1 Å². The Morgan fingerprint density at radius 2 is 2.17 bits per heavy atom. The van der Waals surface area contributed by atoms with Crippen LogP contribution in [-0.4, -0.2) is 28.4 Å². The molecule has 1 aliphatic rings. The van der Waals surface area contributed by atoms with Crippen molar-refractivity contribution in [3.8, 4) is 0 Å². The fraction of sp³-hybridized carbons (Fsp3) is 0.444. The van der Waals surface area contributed by atoms with Crippen molar-refractivity contribution in [3.63, 3.8) is 0 Å². The molecule has 2 aromatic rings. The molecule has 0 bridgehead atoms. The minimum absolute atomic E-state index is 0.0835. The van der Waals surface area contributed by atoms with Crippen LogP contribution >= 0.6 is 0 Å². The smallest absolute Gasteiger partial charge is 0.242 e. The number of hydrogen-bond acceptors (Lipinski definition) is 3. The van der Waals surface area contributed by atoms with E-state index in [1.807, 2.05) is 19.9 Å². The van der Waals surface area contributed by atoms with Crippen LogP contribution in [0.2, 0.25) is 0 Å². The van der Waals surface area contributed by atoms with Crippen LogP contribution in [0.25, 0.3) is 0 Å². The number of halogens is 1. The number of hydrogen-bond donors (Lipinski definition) is 1. The number of carbonyl (C=O) groups excluding carboxylic acids is 1. The lowest BCUT2D eigenvalue weighted by atomic mass is 9.99. The van der Waals surface area contributed by atoms with Crippen molar-refractivity contribution < 1.29 is 13.9 Å². The molecule has 1 aromatic carbocycles. The minimum Gasteiger partial charge on any atom is -0.376 e. The number of aromatic nitrogens is 2. The van der Waals surface area contributed by atoms with E-state index in [1.165, 1.54) is 12.1 Å². The Morgan fingerprint density at radius 3 is 2.75 bits per heavy atom. The van der Waals surface area contributed by atoms with Gasteiger partial charge in [-0.2, -0.15) is 5.10 Å². The topological polar surface area (TPSA) is 56.2 Å². The number of rotatable bonds is 5. The van der Waals surface area contributed by atoms with Gasteiger partial charge in [0.15, 0.2) is 0 Å². The van der Waals surface area contributed by atoms with Crippen molar-refractivity contribution >= 4 is 5.91 Å². The average molecular weight is 331 g/mol. The zero-order chi connectivity index (χ0) is 17.1. The van der Waals surface area contributed by atoms with Crippen molar-refractivity contribution in [3.05, 3.63) is 53.1 Å². The molecule has 3 rings (SSSR count). The molecule has 24 heavy (non-hydrogen) atoms. The second-order valence-corrected chi connectivity index (χ2v) is 6.23. The standard InChI is InChI=1S/C18H22FN3O2/c1-12-10-13(2)22(21-12)11-17(23)20-18(16-4-3-9-24-16)14-5-7-15(19)8-6-14/h5-8,10,16,18H,3-4,9,11H2,1-2H3,(H,20,23)/t16-,18-/m0/s1. The van der Waals surface area contributed by atoms with E-state index in [2.05, 4.69) is 10.4 Å². The van der Waals surface area contributed by atoms with Crippen LogP contribution in [0.15, 0.2) is 30.3 Å². The predicted molar refractivity (Wildman–Crippen MR) is 88.0 cm³/mol. The van der Waals surface area contributed by atoms with E-state index in [0.717, 1.165) is 29.8 Å². The highest BCUT2D eigenvalue weighted by Crippen LogP contribution is 2.27. The van der Waals surface area contributed by atoms with Gasteiger partial charge in [-0.15, -0.1) is 0 Å². The summed E-state index contributed by atoms with van der Waals surface area (Å²) >= 11 is 0. The lowest BCUT2D eigenvalue weighted by molar-refractivity contribution is -0.123. The molecule has 5 nitrogen and oxygen atoms in total. The first kappa shape index (κ1) is 16.6. The van der Waals surface area contributed by atoms with Crippen molar-refractivity contribution in [2.24, 2.45) is 0 Å². The van der Waals surface area contributed by atoms with Gasteiger partial charge in [0.2, 0.25) is 5.91 Å². The Hall–Kier alpha value is -2.21. The van der Waals surface area contributed by atoms with E-state index >= 15 is 0 Å². The Morgan fingerprint density at radius 1 is 1.42 bits per heavy atom. The third-order valence-electron chi connectivity index (χ3n) is 4.28. The van der Waals surface area contributed by atoms with E-state index in [9.17, 15) is 9.18 Å². The van der Waals surface area contributed by atoms with Crippen LogP contribution in [0.5, 0.6) is 0 Å². The minimum atomic E-state index is -0.293. The van der Waals surface area contributed by atoms with Crippen LogP contribution in [0.3, 0.4) is 0 Å². The molecule has 1 saturated heterocycles. The van der Waals surface area contributed by atoms with E-state index < -0.39 is 0 Å². The van der Waals surface area contributed by atoms with Crippen LogP contribution in [0, 0.1) is 19.7 Å². The lowest BCUT2D eigenvalue weighted by Crippen LogP contribution is -2.38. The molecule has 2 heterocycles. The molecule has 0 aliphatic carbocycles. The molecule has 0 radical (unpaired) electrons. The van der Waals surface area contributed by atoms with E-state index in [1.54, 1.807) is 16.8 Å². The van der Waals surface area contributed by atoms with Crippen LogP contribution < -0.4 is 5.32 Å². The van der Waals surface area contributed by atoms with Gasteiger partial charge in [0, 0.05) is 12.3 Å². The lowest BCUT2D eigenvalue weighted by Gasteiger charge is -2.25. The largest absolute Gasteiger partial charge is 0.376 e. The maximum atomic E-state index is 13.2. The molecule has 0 saturated carbocycles. The zero-order valence-corrected chi connectivity index (χ0v) is 14.0. The summed E-state index contributed by atoms with van der Waals surface area (Å²) in [5, 5.41) is 7.35. The number of ether oxygens (including phenoxy) is 1. The number of aryl methyl sites for hydroxylation is 2. The SMILES string of the molecule is Cc1cc(C)n(CC(=O)N[C@@H](c2ccc(F)cc2)[C@@H]2CCCO2)n1. The molecule has 2 atom stereocenters. The summed E-state index contributed by atoms with van der Waals surface area (Å²) in [5.41, 5.74) is 2.68. The third kappa shape index (κ3) is 3.82. The maximum absolute atomic E-state index is 13.2. The fourth-order valence-corrected chi connectivity index (χ4v) is 3.12. The van der Waals surface area contributed by atoms with E-state index in [0.29, 0.717) is 6.61 Å². The monoisotopic (exact) mass is 331 g/mol. The maximum Gasteiger partial charge on any atom is 0.242 e. The molecule has 0 unspecified atom stereocenters. The molecular formula is C18H22FN3O2. The van der Waals surface area contributed by atoms with Gasteiger partial charge in [0.25, 0.3) is 0 Å². The quantitative estimate of drug-likeness (QED) is 0.916. The molecule has 1 fully saturated rings. The van der Waals surface area contributed by atoms with Gasteiger partial charge < -0.3 is 10.1 Å². The number of carbonyl (C=O) groups is 1. The van der Waals surface area contributed by atoms with E-state index in [-0.39, 0.29) is 30.4 Å². The molecular weight excluding hydrogens is 309 g/mol. The van der Waals surface area contributed by atoms with Gasteiger partial charge in [-0.1, -0.05) is 12.1 Å². The normalized spacial score (nSPS) is 18.5. The molecule has 128 valence electrons. The fourth-order valence-electron chi connectivity index (χ4n) is 3.12. The van der Waals surface area contributed by atoms with Crippen LogP contribution in [0.4, 0.5) is 4.39 Å². The highest BCUT2D eigenvalue weighted by Gasteiger charge is 2.29.